The summed E-state index contributed by atoms with van der Waals surface area (Å²) in [7, 11) is 0. The molecule has 0 aliphatic carbocycles. The normalized spacial score (nSPS) is 9.70. The van der Waals surface area contributed by atoms with Crippen LogP contribution < -0.4 is 0 Å². The molecule has 3 heteroatoms. The van der Waals surface area contributed by atoms with Crippen LogP contribution in [0.25, 0.3) is 0 Å². The Morgan fingerprint density at radius 3 is 3.10 bits per heavy atom. The topological polar surface area (TPSA) is 28.7 Å². The van der Waals surface area contributed by atoms with Gasteiger partial charge in [-0.25, -0.2) is 0 Å². The van der Waals surface area contributed by atoms with E-state index in [2.05, 4.69) is 17.1 Å². The summed E-state index contributed by atoms with van der Waals surface area (Å²) in [5.74, 6) is 0. The first-order valence-electron chi connectivity index (χ1n) is 3.36. The number of hydrogen-bond acceptors (Lipinski definition) is 2. The van der Waals surface area contributed by atoms with Gasteiger partial charge in [0.25, 0.3) is 0 Å². The molecule has 0 saturated heterocycles. The molecule has 1 heterocycles. The molecule has 10 heavy (non-hydrogen) atoms. The SMILES string of the molecule is CCCc1cc(=S)cn[nH]1. The van der Waals surface area contributed by atoms with Crippen molar-refractivity contribution in [2.45, 2.75) is 19.8 Å². The lowest BCUT2D eigenvalue weighted by Gasteiger charge is -1.94. The van der Waals surface area contributed by atoms with Gasteiger partial charge in [-0.15, -0.1) is 0 Å². The van der Waals surface area contributed by atoms with E-state index in [1.807, 2.05) is 6.07 Å². The van der Waals surface area contributed by atoms with Gasteiger partial charge in [0.1, 0.15) is 0 Å². The molecule has 0 spiro atoms. The second-order valence-electron chi connectivity index (χ2n) is 2.19. The predicted molar refractivity (Wildman–Crippen MR) is 43.4 cm³/mol. The average molecular weight is 154 g/mol. The minimum atomic E-state index is 0.808. The molecule has 0 atom stereocenters. The minimum Gasteiger partial charge on any atom is -0.283 e. The summed E-state index contributed by atoms with van der Waals surface area (Å²) in [4.78, 5) is 0. The van der Waals surface area contributed by atoms with Crippen LogP contribution in [0.5, 0.6) is 0 Å². The monoisotopic (exact) mass is 154 g/mol. The summed E-state index contributed by atoms with van der Waals surface area (Å²) in [5, 5.41) is 6.77. The Morgan fingerprint density at radius 1 is 1.70 bits per heavy atom. The standard InChI is InChI=1S/C7H10N2S/c1-2-3-6-4-7(10)5-8-9-6/h4-5H,2-3H2,1H3,(H,9,10). The zero-order valence-electron chi connectivity index (χ0n) is 5.92. The van der Waals surface area contributed by atoms with Crippen molar-refractivity contribution in [1.29, 1.82) is 0 Å². The minimum absolute atomic E-state index is 0.808. The Bertz CT molecular complexity index is 254. The third kappa shape index (κ3) is 1.92. The molecule has 0 bridgehead atoms. The van der Waals surface area contributed by atoms with Crippen LogP contribution in [0.1, 0.15) is 19.0 Å². The molecule has 0 unspecified atom stereocenters. The summed E-state index contributed by atoms with van der Waals surface area (Å²) in [5.41, 5.74) is 1.12. The van der Waals surface area contributed by atoms with E-state index >= 15 is 0 Å². The molecule has 0 aliphatic rings. The maximum atomic E-state index is 4.93. The summed E-state index contributed by atoms with van der Waals surface area (Å²) < 4.78 is 0.808. The zero-order valence-corrected chi connectivity index (χ0v) is 6.74. The van der Waals surface area contributed by atoms with Crippen LogP contribution in [-0.2, 0) is 6.42 Å². The van der Waals surface area contributed by atoms with E-state index in [4.69, 9.17) is 12.2 Å². The highest BCUT2D eigenvalue weighted by Crippen LogP contribution is 1.96. The van der Waals surface area contributed by atoms with Gasteiger partial charge in [-0.1, -0.05) is 25.6 Å². The third-order valence-corrected chi connectivity index (χ3v) is 1.46. The molecule has 1 rings (SSSR count). The molecule has 1 aromatic rings. The van der Waals surface area contributed by atoms with Crippen LogP contribution >= 0.6 is 12.2 Å². The lowest BCUT2D eigenvalue weighted by atomic mass is 10.2. The molecular formula is C7H10N2S. The van der Waals surface area contributed by atoms with E-state index in [1.165, 1.54) is 0 Å². The van der Waals surface area contributed by atoms with E-state index in [0.717, 1.165) is 23.0 Å². The first-order valence-corrected chi connectivity index (χ1v) is 3.77. The van der Waals surface area contributed by atoms with Crippen LogP contribution in [0, 0.1) is 4.51 Å². The van der Waals surface area contributed by atoms with Gasteiger partial charge in [0.2, 0.25) is 0 Å². The Labute approximate surface area is 65.3 Å². The second-order valence-corrected chi connectivity index (χ2v) is 2.66. The van der Waals surface area contributed by atoms with Crippen LogP contribution in [-0.4, -0.2) is 10.2 Å². The van der Waals surface area contributed by atoms with E-state index in [-0.39, 0.29) is 0 Å². The first kappa shape index (κ1) is 7.41. The number of aromatic amines is 1. The molecule has 2 nitrogen and oxygen atoms in total. The number of H-pyrrole nitrogens is 1. The Morgan fingerprint density at radius 2 is 2.50 bits per heavy atom. The van der Waals surface area contributed by atoms with Gasteiger partial charge in [-0.2, -0.15) is 5.10 Å². The summed E-state index contributed by atoms with van der Waals surface area (Å²) in [6, 6.07) is 1.95. The van der Waals surface area contributed by atoms with Gasteiger partial charge >= 0.3 is 0 Å². The number of nitrogens with zero attached hydrogens (tertiary/aromatic N) is 1. The van der Waals surface area contributed by atoms with Crippen molar-refractivity contribution in [2.75, 3.05) is 0 Å². The van der Waals surface area contributed by atoms with Gasteiger partial charge < -0.3 is 0 Å². The third-order valence-electron chi connectivity index (χ3n) is 1.24. The second kappa shape index (κ2) is 3.46. The predicted octanol–water partition coefficient (Wildman–Crippen LogP) is 2.09. The maximum Gasteiger partial charge on any atom is 0.0653 e. The summed E-state index contributed by atoms with van der Waals surface area (Å²) >= 11 is 4.93. The van der Waals surface area contributed by atoms with Gasteiger partial charge in [-0.3, -0.25) is 5.10 Å². The first-order chi connectivity index (χ1) is 4.83. The van der Waals surface area contributed by atoms with Crippen LogP contribution in [0.15, 0.2) is 12.3 Å². The molecule has 0 aliphatic heterocycles. The average Bonchev–Trinajstić information content (AvgIpc) is 1.88. The summed E-state index contributed by atoms with van der Waals surface area (Å²) in [6.45, 7) is 2.13. The van der Waals surface area contributed by atoms with E-state index in [1.54, 1.807) is 6.20 Å². The van der Waals surface area contributed by atoms with Gasteiger partial charge in [0.05, 0.1) is 10.7 Å². The number of aromatic nitrogens is 2. The summed E-state index contributed by atoms with van der Waals surface area (Å²) in [6.07, 6.45) is 3.79. The number of nitrogens with one attached hydrogen (secondary N) is 1. The van der Waals surface area contributed by atoms with Crippen molar-refractivity contribution in [1.82, 2.24) is 10.2 Å². The van der Waals surface area contributed by atoms with Crippen LogP contribution in [0.2, 0.25) is 0 Å². The largest absolute Gasteiger partial charge is 0.283 e. The fourth-order valence-corrected chi connectivity index (χ4v) is 1.01. The van der Waals surface area contributed by atoms with Crippen LogP contribution in [0.3, 0.4) is 0 Å². The van der Waals surface area contributed by atoms with Crippen molar-refractivity contribution < 1.29 is 0 Å². The van der Waals surface area contributed by atoms with Crippen molar-refractivity contribution in [2.24, 2.45) is 0 Å². The highest BCUT2D eigenvalue weighted by molar-refractivity contribution is 7.71. The van der Waals surface area contributed by atoms with E-state index in [0.29, 0.717) is 0 Å². The molecule has 1 N–H and O–H groups in total. The van der Waals surface area contributed by atoms with E-state index < -0.39 is 0 Å². The Kier molecular flexibility index (Phi) is 2.57. The molecule has 1 aromatic heterocycles. The Hall–Kier alpha value is -0.700. The molecule has 0 aromatic carbocycles. The Balaban J connectivity index is 2.85. The fourth-order valence-electron chi connectivity index (χ4n) is 0.817. The van der Waals surface area contributed by atoms with Crippen molar-refractivity contribution in [3.63, 3.8) is 0 Å². The fraction of sp³-hybridized carbons (Fsp3) is 0.429. The van der Waals surface area contributed by atoms with Gasteiger partial charge in [-0.05, 0) is 12.5 Å². The highest BCUT2D eigenvalue weighted by atomic mass is 32.1. The number of aryl methyl sites for hydroxylation is 1. The number of hydrogen-bond donors (Lipinski definition) is 1. The van der Waals surface area contributed by atoms with Gasteiger partial charge in [0, 0.05) is 5.69 Å². The molecule has 0 amide bonds. The molecule has 0 radical (unpaired) electrons. The van der Waals surface area contributed by atoms with E-state index in [9.17, 15) is 0 Å². The smallest absolute Gasteiger partial charge is 0.0653 e. The van der Waals surface area contributed by atoms with Crippen molar-refractivity contribution in [3.05, 3.63) is 22.5 Å². The van der Waals surface area contributed by atoms with Crippen molar-refractivity contribution >= 4 is 12.2 Å². The molecule has 0 fully saturated rings. The van der Waals surface area contributed by atoms with Crippen LogP contribution in [0.4, 0.5) is 0 Å². The quantitative estimate of drug-likeness (QED) is 0.661. The van der Waals surface area contributed by atoms with Crippen molar-refractivity contribution in [3.8, 4) is 0 Å². The number of rotatable bonds is 2. The van der Waals surface area contributed by atoms with Gasteiger partial charge in [0.15, 0.2) is 0 Å². The zero-order chi connectivity index (χ0) is 7.40. The maximum absolute atomic E-state index is 4.93. The highest BCUT2D eigenvalue weighted by Gasteiger charge is 1.88. The lowest BCUT2D eigenvalue weighted by Crippen LogP contribution is -1.90. The molecular weight excluding hydrogens is 144 g/mol. The molecule has 54 valence electrons. The lowest BCUT2D eigenvalue weighted by molar-refractivity contribution is 0.837. The molecule has 0 saturated carbocycles.